The maximum Gasteiger partial charge on any atom is 0.142 e. The van der Waals surface area contributed by atoms with Crippen LogP contribution in [0.5, 0.6) is 5.75 Å². The van der Waals surface area contributed by atoms with Crippen molar-refractivity contribution >= 4 is 43.8 Å². The van der Waals surface area contributed by atoms with Gasteiger partial charge in [-0.25, -0.2) is 0 Å². The minimum absolute atomic E-state index is 0.735. The molecule has 0 saturated carbocycles. The first-order valence-corrected chi connectivity index (χ1v) is 7.21. The van der Waals surface area contributed by atoms with Crippen LogP contribution < -0.4 is 15.8 Å². The van der Waals surface area contributed by atoms with E-state index in [1.807, 2.05) is 36.4 Å². The second-order valence-electron chi connectivity index (χ2n) is 4.59. The van der Waals surface area contributed by atoms with Crippen LogP contribution in [0.15, 0.2) is 53.3 Å². The number of nitrogens with zero attached hydrogens (tertiary/aromatic N) is 1. The highest BCUT2D eigenvalue weighted by molar-refractivity contribution is 9.10. The van der Waals surface area contributed by atoms with Gasteiger partial charge in [0.05, 0.1) is 12.8 Å². The second kappa shape index (κ2) is 5.61. The third kappa shape index (κ3) is 2.64. The molecule has 0 unspecified atom stereocenters. The molecule has 4 nitrogen and oxygen atoms in total. The van der Waals surface area contributed by atoms with Gasteiger partial charge >= 0.3 is 0 Å². The number of fused-ring (bicyclic) bond motifs is 1. The third-order valence-corrected chi connectivity index (χ3v) is 3.78. The average molecular weight is 344 g/mol. The van der Waals surface area contributed by atoms with Crippen LogP contribution in [0.2, 0.25) is 0 Å². The molecule has 5 heteroatoms. The molecular weight excluding hydrogens is 330 g/mol. The van der Waals surface area contributed by atoms with E-state index < -0.39 is 0 Å². The highest BCUT2D eigenvalue weighted by Crippen LogP contribution is 2.34. The van der Waals surface area contributed by atoms with Gasteiger partial charge in [-0.3, -0.25) is 4.98 Å². The van der Waals surface area contributed by atoms with Gasteiger partial charge in [0, 0.05) is 39.0 Å². The molecule has 106 valence electrons. The maximum absolute atomic E-state index is 6.01. The van der Waals surface area contributed by atoms with E-state index in [-0.39, 0.29) is 0 Å². The van der Waals surface area contributed by atoms with Crippen molar-refractivity contribution in [1.82, 2.24) is 4.98 Å². The van der Waals surface area contributed by atoms with Gasteiger partial charge in [0.2, 0.25) is 0 Å². The maximum atomic E-state index is 6.01. The fourth-order valence-electron chi connectivity index (χ4n) is 2.25. The molecule has 0 spiro atoms. The lowest BCUT2D eigenvalue weighted by molar-refractivity contribution is 0.417. The zero-order valence-corrected chi connectivity index (χ0v) is 13.0. The lowest BCUT2D eigenvalue weighted by Crippen LogP contribution is -1.97. The molecule has 0 saturated heterocycles. The van der Waals surface area contributed by atoms with Crippen molar-refractivity contribution in [1.29, 1.82) is 0 Å². The zero-order valence-electron chi connectivity index (χ0n) is 11.4. The predicted molar refractivity (Wildman–Crippen MR) is 90.1 cm³/mol. The summed E-state index contributed by atoms with van der Waals surface area (Å²) in [5.41, 5.74) is 8.56. The van der Waals surface area contributed by atoms with Crippen molar-refractivity contribution in [2.24, 2.45) is 0 Å². The molecule has 0 aliphatic rings. The molecule has 0 aliphatic heterocycles. The number of pyridine rings is 1. The SMILES string of the molecule is COc1ccc(Br)cc1Nc1ccc(N)c2ccncc12. The summed E-state index contributed by atoms with van der Waals surface area (Å²) in [6.45, 7) is 0. The summed E-state index contributed by atoms with van der Waals surface area (Å²) in [6.07, 6.45) is 3.54. The van der Waals surface area contributed by atoms with Gasteiger partial charge in [-0.1, -0.05) is 15.9 Å². The molecule has 0 atom stereocenters. The number of methoxy groups -OCH3 is 1. The minimum atomic E-state index is 0.735. The summed E-state index contributed by atoms with van der Waals surface area (Å²) in [5.74, 6) is 0.770. The van der Waals surface area contributed by atoms with Crippen LogP contribution in [0.25, 0.3) is 10.8 Å². The van der Waals surface area contributed by atoms with Crippen molar-refractivity contribution < 1.29 is 4.74 Å². The number of anilines is 3. The molecule has 0 aliphatic carbocycles. The largest absolute Gasteiger partial charge is 0.495 e. The van der Waals surface area contributed by atoms with Crippen LogP contribution in [0.1, 0.15) is 0 Å². The monoisotopic (exact) mass is 343 g/mol. The molecule has 0 fully saturated rings. The van der Waals surface area contributed by atoms with E-state index in [9.17, 15) is 0 Å². The van der Waals surface area contributed by atoms with E-state index in [2.05, 4.69) is 26.2 Å². The standard InChI is InChI=1S/C16H14BrN3O/c1-21-16-5-2-10(17)8-15(16)20-14-4-3-13(18)11-6-7-19-9-12(11)14/h2-9,20H,18H2,1H3. The summed E-state index contributed by atoms with van der Waals surface area (Å²) < 4.78 is 6.36. The minimum Gasteiger partial charge on any atom is -0.495 e. The highest BCUT2D eigenvalue weighted by atomic mass is 79.9. The van der Waals surface area contributed by atoms with Crippen molar-refractivity contribution in [3.05, 3.63) is 53.3 Å². The molecule has 0 radical (unpaired) electrons. The van der Waals surface area contributed by atoms with Crippen LogP contribution in [0.4, 0.5) is 17.1 Å². The quantitative estimate of drug-likeness (QED) is 0.694. The Bertz CT molecular complexity index is 805. The Kier molecular flexibility index (Phi) is 3.66. The van der Waals surface area contributed by atoms with Crippen LogP contribution in [0.3, 0.4) is 0 Å². The number of nitrogen functional groups attached to an aromatic ring is 1. The van der Waals surface area contributed by atoms with E-state index in [1.54, 1.807) is 19.5 Å². The number of hydrogen-bond acceptors (Lipinski definition) is 4. The smallest absolute Gasteiger partial charge is 0.142 e. The zero-order chi connectivity index (χ0) is 14.8. The Morgan fingerprint density at radius 3 is 2.76 bits per heavy atom. The summed E-state index contributed by atoms with van der Waals surface area (Å²) >= 11 is 3.47. The molecule has 3 aromatic rings. The average Bonchev–Trinajstić information content (AvgIpc) is 2.51. The van der Waals surface area contributed by atoms with E-state index in [4.69, 9.17) is 10.5 Å². The van der Waals surface area contributed by atoms with Gasteiger partial charge in [-0.15, -0.1) is 0 Å². The van der Waals surface area contributed by atoms with E-state index >= 15 is 0 Å². The Morgan fingerprint density at radius 1 is 1.10 bits per heavy atom. The number of halogens is 1. The summed E-state index contributed by atoms with van der Waals surface area (Å²) in [4.78, 5) is 4.18. The van der Waals surface area contributed by atoms with Crippen molar-refractivity contribution in [3.63, 3.8) is 0 Å². The highest BCUT2D eigenvalue weighted by Gasteiger charge is 2.08. The Labute approximate surface area is 131 Å². The molecule has 3 N–H and O–H groups in total. The Morgan fingerprint density at radius 2 is 1.95 bits per heavy atom. The van der Waals surface area contributed by atoms with E-state index in [0.29, 0.717) is 0 Å². The molecule has 1 heterocycles. The Balaban J connectivity index is 2.11. The van der Waals surface area contributed by atoms with Crippen molar-refractivity contribution in [2.45, 2.75) is 0 Å². The fraction of sp³-hybridized carbons (Fsp3) is 0.0625. The molecule has 1 aromatic heterocycles. The van der Waals surface area contributed by atoms with Crippen molar-refractivity contribution in [3.8, 4) is 5.75 Å². The number of hydrogen-bond donors (Lipinski definition) is 2. The topological polar surface area (TPSA) is 60.2 Å². The van der Waals surface area contributed by atoms with Crippen LogP contribution in [-0.4, -0.2) is 12.1 Å². The molecule has 21 heavy (non-hydrogen) atoms. The normalized spacial score (nSPS) is 10.6. The second-order valence-corrected chi connectivity index (χ2v) is 5.51. The lowest BCUT2D eigenvalue weighted by Gasteiger charge is -2.14. The summed E-state index contributed by atoms with van der Waals surface area (Å²) in [7, 11) is 1.65. The van der Waals surface area contributed by atoms with Gasteiger partial charge in [0.25, 0.3) is 0 Å². The van der Waals surface area contributed by atoms with Gasteiger partial charge in [-0.05, 0) is 36.4 Å². The number of aromatic nitrogens is 1. The predicted octanol–water partition coefficient (Wildman–Crippen LogP) is 4.33. The van der Waals surface area contributed by atoms with Crippen LogP contribution in [0, 0.1) is 0 Å². The molecule has 3 rings (SSSR count). The van der Waals surface area contributed by atoms with Gasteiger partial charge in [-0.2, -0.15) is 0 Å². The van der Waals surface area contributed by atoms with Gasteiger partial charge < -0.3 is 15.8 Å². The number of benzene rings is 2. The van der Waals surface area contributed by atoms with Gasteiger partial charge in [0.15, 0.2) is 0 Å². The van der Waals surface area contributed by atoms with Crippen molar-refractivity contribution in [2.75, 3.05) is 18.2 Å². The first kappa shape index (κ1) is 13.7. The number of nitrogens with two attached hydrogens (primary N) is 1. The molecule has 0 bridgehead atoms. The van der Waals surface area contributed by atoms with Crippen LogP contribution in [-0.2, 0) is 0 Å². The molecule has 0 amide bonds. The van der Waals surface area contributed by atoms with E-state index in [0.717, 1.165) is 38.1 Å². The number of ether oxygens (including phenoxy) is 1. The fourth-order valence-corrected chi connectivity index (χ4v) is 2.61. The third-order valence-electron chi connectivity index (χ3n) is 3.28. The first-order chi connectivity index (χ1) is 10.2. The Hall–Kier alpha value is -2.27. The molecule has 2 aromatic carbocycles. The van der Waals surface area contributed by atoms with Crippen LogP contribution >= 0.6 is 15.9 Å². The molecular formula is C16H14BrN3O. The summed E-state index contributed by atoms with van der Waals surface area (Å²) in [5, 5.41) is 5.33. The van der Waals surface area contributed by atoms with Gasteiger partial charge in [0.1, 0.15) is 5.75 Å². The number of nitrogens with one attached hydrogen (secondary N) is 1. The summed E-state index contributed by atoms with van der Waals surface area (Å²) in [6, 6.07) is 11.6. The van der Waals surface area contributed by atoms with E-state index in [1.165, 1.54) is 0 Å². The first-order valence-electron chi connectivity index (χ1n) is 6.42. The number of rotatable bonds is 3. The lowest BCUT2D eigenvalue weighted by atomic mass is 10.1.